The number of hydrogen-bond donors (Lipinski definition) is 1. The highest BCUT2D eigenvalue weighted by molar-refractivity contribution is 8.00. The van der Waals surface area contributed by atoms with E-state index >= 15 is 0 Å². The number of halogens is 1. The molecule has 1 N–H and O–H groups in total. The lowest BCUT2D eigenvalue weighted by molar-refractivity contribution is 0.417. The average molecular weight is 492 g/mol. The van der Waals surface area contributed by atoms with E-state index in [-0.39, 0.29) is 11.4 Å². The van der Waals surface area contributed by atoms with Gasteiger partial charge in [0, 0.05) is 0 Å². The second-order valence-corrected chi connectivity index (χ2v) is 9.35. The Morgan fingerprint density at radius 1 is 1.03 bits per heavy atom. The first-order chi connectivity index (χ1) is 16.6. The van der Waals surface area contributed by atoms with Gasteiger partial charge in [-0.05, 0) is 48.5 Å². The van der Waals surface area contributed by atoms with Crippen LogP contribution in [-0.2, 0) is 5.75 Å². The average Bonchev–Trinajstić information content (AvgIpc) is 3.31. The molecule has 5 aromatic rings. The van der Waals surface area contributed by atoms with Crippen molar-refractivity contribution in [1.29, 1.82) is 0 Å². The summed E-state index contributed by atoms with van der Waals surface area (Å²) in [5, 5.41) is 12.8. The molecule has 0 amide bonds. The molecule has 0 aliphatic carbocycles. The highest BCUT2D eigenvalue weighted by Gasteiger charge is 2.15. The van der Waals surface area contributed by atoms with Crippen molar-refractivity contribution in [3.63, 3.8) is 0 Å². The number of anilines is 2. The van der Waals surface area contributed by atoms with Gasteiger partial charge in [-0.2, -0.15) is 0 Å². The van der Waals surface area contributed by atoms with Crippen molar-refractivity contribution < 1.29 is 9.13 Å². The number of nitrogens with zero attached hydrogens (tertiary/aromatic N) is 4. The van der Waals surface area contributed by atoms with E-state index in [4.69, 9.17) is 9.72 Å². The highest BCUT2D eigenvalue weighted by Crippen LogP contribution is 2.32. The Balaban J connectivity index is 1.44. The molecule has 0 bridgehead atoms. The molecule has 0 unspecified atom stereocenters. The molecule has 0 aliphatic heterocycles. The Labute approximate surface area is 202 Å². The monoisotopic (exact) mass is 491 g/mol. The first-order valence-electron chi connectivity index (χ1n) is 10.3. The van der Waals surface area contributed by atoms with Crippen molar-refractivity contribution in [3.8, 4) is 11.4 Å². The molecule has 0 saturated carbocycles. The second kappa shape index (κ2) is 9.62. The van der Waals surface area contributed by atoms with Gasteiger partial charge in [0.1, 0.15) is 17.4 Å². The van der Waals surface area contributed by atoms with E-state index in [1.54, 1.807) is 37.4 Å². The normalized spacial score (nSPS) is 11.0. The SMILES string of the molecule is COc1ccccc1Nc1nnc(SCc2nc3ccccc3c(=O)n2-c2ccc(F)cc2)s1. The van der Waals surface area contributed by atoms with Gasteiger partial charge >= 0.3 is 0 Å². The van der Waals surface area contributed by atoms with Crippen LogP contribution in [0.2, 0.25) is 0 Å². The van der Waals surface area contributed by atoms with Crippen LogP contribution in [0, 0.1) is 5.82 Å². The van der Waals surface area contributed by atoms with Crippen molar-refractivity contribution >= 4 is 44.8 Å². The summed E-state index contributed by atoms with van der Waals surface area (Å²) >= 11 is 2.81. The molecule has 0 atom stereocenters. The number of aromatic nitrogens is 4. The summed E-state index contributed by atoms with van der Waals surface area (Å²) in [7, 11) is 1.61. The van der Waals surface area contributed by atoms with E-state index in [2.05, 4.69) is 15.5 Å². The van der Waals surface area contributed by atoms with Crippen LogP contribution in [0.4, 0.5) is 15.2 Å². The van der Waals surface area contributed by atoms with E-state index in [0.29, 0.717) is 43.4 Å². The van der Waals surface area contributed by atoms with Crippen LogP contribution in [0.25, 0.3) is 16.6 Å². The lowest BCUT2D eigenvalue weighted by Gasteiger charge is -2.13. The largest absolute Gasteiger partial charge is 0.495 e. The van der Waals surface area contributed by atoms with E-state index in [9.17, 15) is 9.18 Å². The summed E-state index contributed by atoms with van der Waals surface area (Å²) in [6.45, 7) is 0. The first kappa shape index (κ1) is 22.1. The highest BCUT2D eigenvalue weighted by atomic mass is 32.2. The maximum absolute atomic E-state index is 13.5. The maximum atomic E-state index is 13.5. The third kappa shape index (κ3) is 4.50. The fourth-order valence-corrected chi connectivity index (χ4v) is 5.12. The standard InChI is InChI=1S/C24H18FN5O2S2/c1-32-20-9-5-4-8-19(20)27-23-28-29-24(34-23)33-14-21-26-18-7-3-2-6-17(18)22(31)30(21)16-12-10-15(25)11-13-16/h2-13H,14H2,1H3,(H,27,28). The van der Waals surface area contributed by atoms with Crippen molar-refractivity contribution in [1.82, 2.24) is 19.7 Å². The molecule has 34 heavy (non-hydrogen) atoms. The van der Waals surface area contributed by atoms with Gasteiger partial charge in [0.05, 0.1) is 35.1 Å². The van der Waals surface area contributed by atoms with E-state index in [0.717, 1.165) is 5.69 Å². The van der Waals surface area contributed by atoms with E-state index in [1.807, 2.05) is 30.3 Å². The summed E-state index contributed by atoms with van der Waals surface area (Å²) in [6.07, 6.45) is 0. The fourth-order valence-electron chi connectivity index (χ4n) is 3.44. The van der Waals surface area contributed by atoms with Crippen LogP contribution in [0.3, 0.4) is 0 Å². The molecule has 0 radical (unpaired) electrons. The molecular weight excluding hydrogens is 473 g/mol. The van der Waals surface area contributed by atoms with Crippen molar-refractivity contribution in [2.75, 3.05) is 12.4 Å². The third-order valence-corrected chi connectivity index (χ3v) is 6.98. The first-order valence-corrected chi connectivity index (χ1v) is 12.1. The van der Waals surface area contributed by atoms with Gasteiger partial charge < -0.3 is 10.1 Å². The molecular formula is C24H18FN5O2S2. The minimum Gasteiger partial charge on any atom is -0.495 e. The summed E-state index contributed by atoms with van der Waals surface area (Å²) in [5.41, 5.74) is 1.75. The zero-order valence-electron chi connectivity index (χ0n) is 17.9. The number of rotatable bonds is 7. The zero-order valence-corrected chi connectivity index (χ0v) is 19.6. The molecule has 2 heterocycles. The molecule has 3 aromatic carbocycles. The summed E-state index contributed by atoms with van der Waals surface area (Å²) < 4.78 is 21.1. The van der Waals surface area contributed by atoms with Crippen LogP contribution in [0.5, 0.6) is 5.75 Å². The van der Waals surface area contributed by atoms with Gasteiger partial charge in [-0.25, -0.2) is 9.37 Å². The number of fused-ring (bicyclic) bond motifs is 1. The Morgan fingerprint density at radius 3 is 2.62 bits per heavy atom. The Bertz CT molecular complexity index is 1520. The molecule has 10 heteroatoms. The molecule has 0 fully saturated rings. The minimum absolute atomic E-state index is 0.205. The van der Waals surface area contributed by atoms with Crippen LogP contribution < -0.4 is 15.6 Å². The molecule has 0 saturated heterocycles. The van der Waals surface area contributed by atoms with Gasteiger partial charge in [-0.1, -0.05) is 47.4 Å². The summed E-state index contributed by atoms with van der Waals surface area (Å²) in [4.78, 5) is 18.0. The molecule has 2 aromatic heterocycles. The van der Waals surface area contributed by atoms with Gasteiger partial charge in [0.2, 0.25) is 5.13 Å². The maximum Gasteiger partial charge on any atom is 0.265 e. The van der Waals surface area contributed by atoms with Gasteiger partial charge in [-0.15, -0.1) is 10.2 Å². The number of nitrogens with one attached hydrogen (secondary N) is 1. The lowest BCUT2D eigenvalue weighted by Crippen LogP contribution is -2.23. The fraction of sp³-hybridized carbons (Fsp3) is 0.0833. The van der Waals surface area contributed by atoms with Crippen LogP contribution in [-0.4, -0.2) is 26.9 Å². The number of benzene rings is 3. The Hall–Kier alpha value is -3.76. The van der Waals surface area contributed by atoms with Gasteiger partial charge in [0.15, 0.2) is 4.34 Å². The number of thioether (sulfide) groups is 1. The third-order valence-electron chi connectivity index (χ3n) is 5.01. The second-order valence-electron chi connectivity index (χ2n) is 7.15. The van der Waals surface area contributed by atoms with Crippen LogP contribution in [0.1, 0.15) is 5.82 Å². The number of methoxy groups -OCH3 is 1. The number of ether oxygens (including phenoxy) is 1. The molecule has 7 nitrogen and oxygen atoms in total. The Morgan fingerprint density at radius 2 is 1.79 bits per heavy atom. The van der Waals surface area contributed by atoms with Crippen LogP contribution in [0.15, 0.2) is 81.9 Å². The molecule has 0 spiro atoms. The van der Waals surface area contributed by atoms with Gasteiger partial charge in [-0.3, -0.25) is 9.36 Å². The molecule has 5 rings (SSSR count). The smallest absolute Gasteiger partial charge is 0.265 e. The van der Waals surface area contributed by atoms with E-state index < -0.39 is 0 Å². The van der Waals surface area contributed by atoms with Crippen molar-refractivity contribution in [2.45, 2.75) is 10.1 Å². The zero-order chi connectivity index (χ0) is 23.5. The minimum atomic E-state index is -0.370. The van der Waals surface area contributed by atoms with Gasteiger partial charge in [0.25, 0.3) is 5.56 Å². The predicted octanol–water partition coefficient (Wildman–Crippen LogP) is 5.42. The number of para-hydroxylation sites is 3. The number of hydrogen-bond acceptors (Lipinski definition) is 8. The Kier molecular flexibility index (Phi) is 6.24. The van der Waals surface area contributed by atoms with Crippen LogP contribution >= 0.6 is 23.1 Å². The van der Waals surface area contributed by atoms with Crippen molar-refractivity contribution in [2.24, 2.45) is 0 Å². The summed E-state index contributed by atoms with van der Waals surface area (Å²) in [6, 6.07) is 20.5. The summed E-state index contributed by atoms with van der Waals surface area (Å²) in [5.74, 6) is 1.25. The molecule has 170 valence electrons. The predicted molar refractivity (Wildman–Crippen MR) is 133 cm³/mol. The molecule has 0 aliphatic rings. The topological polar surface area (TPSA) is 81.9 Å². The lowest BCUT2D eigenvalue weighted by atomic mass is 10.2. The van der Waals surface area contributed by atoms with E-state index in [1.165, 1.54) is 39.8 Å². The quantitative estimate of drug-likeness (QED) is 0.304. The van der Waals surface area contributed by atoms with Crippen molar-refractivity contribution in [3.05, 3.63) is 94.8 Å².